The van der Waals surface area contributed by atoms with Gasteiger partial charge in [-0.1, -0.05) is 0 Å². The van der Waals surface area contributed by atoms with E-state index in [1.165, 1.54) is 11.3 Å². The Labute approximate surface area is 103 Å². The maximum absolute atomic E-state index is 10.5. The van der Waals surface area contributed by atoms with Gasteiger partial charge in [-0.2, -0.15) is 11.8 Å². The van der Waals surface area contributed by atoms with E-state index in [1.54, 1.807) is 5.38 Å². The van der Waals surface area contributed by atoms with E-state index in [4.69, 9.17) is 5.11 Å². The largest absolute Gasteiger partial charge is 0.481 e. The molecule has 0 aliphatic carbocycles. The number of hydrogen-bond acceptors (Lipinski definition) is 5. The van der Waals surface area contributed by atoms with Gasteiger partial charge in [-0.05, 0) is 25.4 Å². The molecule has 0 bridgehead atoms. The Hall–Kier alpha value is -0.750. The Morgan fingerprint density at radius 3 is 3.12 bits per heavy atom. The Balaban J connectivity index is 2.42. The summed E-state index contributed by atoms with van der Waals surface area (Å²) < 4.78 is 0. The summed E-state index contributed by atoms with van der Waals surface area (Å²) in [6, 6.07) is 0.372. The van der Waals surface area contributed by atoms with Crippen LogP contribution in [0.2, 0.25) is 0 Å². The molecular formula is C10H16N2O2S2. The van der Waals surface area contributed by atoms with Gasteiger partial charge in [-0.3, -0.25) is 4.79 Å². The molecule has 1 aromatic heterocycles. The molecule has 16 heavy (non-hydrogen) atoms. The van der Waals surface area contributed by atoms with Crippen molar-refractivity contribution in [3.63, 3.8) is 0 Å². The Morgan fingerprint density at radius 1 is 1.75 bits per heavy atom. The van der Waals surface area contributed by atoms with E-state index in [2.05, 4.69) is 23.5 Å². The topological polar surface area (TPSA) is 62.2 Å². The fourth-order valence-corrected chi connectivity index (χ4v) is 2.60. The van der Waals surface area contributed by atoms with Crippen LogP contribution < -0.4 is 5.32 Å². The molecule has 90 valence electrons. The van der Waals surface area contributed by atoms with E-state index in [-0.39, 0.29) is 6.42 Å². The quantitative estimate of drug-likeness (QED) is 0.788. The first-order valence-electron chi connectivity index (χ1n) is 5.03. The van der Waals surface area contributed by atoms with Crippen molar-refractivity contribution >= 4 is 34.2 Å². The molecule has 0 saturated carbocycles. The summed E-state index contributed by atoms with van der Waals surface area (Å²) in [6.07, 6.45) is 3.16. The number of carboxylic acids is 1. The van der Waals surface area contributed by atoms with Gasteiger partial charge >= 0.3 is 5.97 Å². The number of hydrogen-bond donors (Lipinski definition) is 2. The number of anilines is 1. The predicted octanol–water partition coefficient (Wildman–Crippen LogP) is 2.32. The summed E-state index contributed by atoms with van der Waals surface area (Å²) in [5.74, 6) is 0.272. The minimum atomic E-state index is -0.840. The Kier molecular flexibility index (Phi) is 5.62. The number of thiazole rings is 1. The molecule has 0 spiro atoms. The van der Waals surface area contributed by atoms with Gasteiger partial charge in [-0.25, -0.2) is 4.98 Å². The Morgan fingerprint density at radius 2 is 2.50 bits per heavy atom. The van der Waals surface area contributed by atoms with Crippen molar-refractivity contribution in [1.29, 1.82) is 0 Å². The van der Waals surface area contributed by atoms with E-state index in [9.17, 15) is 4.79 Å². The molecule has 1 unspecified atom stereocenters. The third kappa shape index (κ3) is 4.85. The molecule has 0 aliphatic heterocycles. The highest BCUT2D eigenvalue weighted by molar-refractivity contribution is 7.98. The summed E-state index contributed by atoms with van der Waals surface area (Å²) in [4.78, 5) is 14.7. The van der Waals surface area contributed by atoms with Crippen molar-refractivity contribution < 1.29 is 9.90 Å². The molecule has 6 heteroatoms. The molecule has 0 amide bonds. The Bertz CT molecular complexity index is 341. The average Bonchev–Trinajstić information content (AvgIpc) is 2.61. The molecule has 2 N–H and O–H groups in total. The van der Waals surface area contributed by atoms with Crippen molar-refractivity contribution in [1.82, 2.24) is 4.98 Å². The van der Waals surface area contributed by atoms with Crippen LogP contribution in [0.1, 0.15) is 19.0 Å². The number of aliphatic carboxylic acids is 1. The number of carboxylic acid groups (broad SMARTS) is 1. The predicted molar refractivity (Wildman–Crippen MR) is 69.5 cm³/mol. The summed E-state index contributed by atoms with van der Waals surface area (Å²) in [5, 5.41) is 14.5. The zero-order valence-electron chi connectivity index (χ0n) is 9.40. The van der Waals surface area contributed by atoms with Crippen LogP contribution in [0.5, 0.6) is 0 Å². The highest BCUT2D eigenvalue weighted by Gasteiger charge is 2.08. The fraction of sp³-hybridized carbons (Fsp3) is 0.600. The molecule has 1 atom stereocenters. The number of carbonyl (C=O) groups is 1. The third-order valence-electron chi connectivity index (χ3n) is 2.01. The molecule has 0 radical (unpaired) electrons. The van der Waals surface area contributed by atoms with Crippen LogP contribution >= 0.6 is 23.1 Å². The standard InChI is InChI=1S/C10H16N2O2S2/c1-7(3-4-15-2)11-10-12-8(6-16-10)5-9(13)14/h6-7H,3-5H2,1-2H3,(H,11,12)(H,13,14). The van der Waals surface area contributed by atoms with Crippen LogP contribution in [-0.2, 0) is 11.2 Å². The summed E-state index contributed by atoms with van der Waals surface area (Å²) in [5.41, 5.74) is 0.622. The second-order valence-electron chi connectivity index (χ2n) is 3.54. The van der Waals surface area contributed by atoms with Crippen LogP contribution in [-0.4, -0.2) is 34.1 Å². The van der Waals surface area contributed by atoms with Gasteiger partial charge < -0.3 is 10.4 Å². The number of nitrogens with zero attached hydrogens (tertiary/aromatic N) is 1. The van der Waals surface area contributed by atoms with Gasteiger partial charge in [0.15, 0.2) is 5.13 Å². The number of thioether (sulfide) groups is 1. The summed E-state index contributed by atoms with van der Waals surface area (Å²) >= 11 is 3.28. The SMILES string of the molecule is CSCCC(C)Nc1nc(CC(=O)O)cs1. The average molecular weight is 260 g/mol. The van der Waals surface area contributed by atoms with Gasteiger partial charge in [0.1, 0.15) is 0 Å². The van der Waals surface area contributed by atoms with Crippen molar-refractivity contribution in [2.24, 2.45) is 0 Å². The molecule has 4 nitrogen and oxygen atoms in total. The van der Waals surface area contributed by atoms with E-state index in [1.807, 2.05) is 11.8 Å². The molecule has 1 rings (SSSR count). The lowest BCUT2D eigenvalue weighted by atomic mass is 10.3. The van der Waals surface area contributed by atoms with Crippen LogP contribution in [0.4, 0.5) is 5.13 Å². The number of rotatable bonds is 7. The number of aromatic nitrogens is 1. The van der Waals surface area contributed by atoms with E-state index < -0.39 is 5.97 Å². The van der Waals surface area contributed by atoms with Crippen molar-refractivity contribution in [3.8, 4) is 0 Å². The number of nitrogens with one attached hydrogen (secondary N) is 1. The van der Waals surface area contributed by atoms with Gasteiger partial charge in [-0.15, -0.1) is 11.3 Å². The van der Waals surface area contributed by atoms with Crippen LogP contribution in [0.25, 0.3) is 0 Å². The van der Waals surface area contributed by atoms with E-state index >= 15 is 0 Å². The molecule has 0 aliphatic rings. The first-order valence-corrected chi connectivity index (χ1v) is 7.31. The molecule has 1 heterocycles. The monoisotopic (exact) mass is 260 g/mol. The lowest BCUT2D eigenvalue weighted by molar-refractivity contribution is -0.136. The minimum absolute atomic E-state index is 0.00261. The van der Waals surface area contributed by atoms with Crippen LogP contribution in [0.3, 0.4) is 0 Å². The summed E-state index contributed by atoms with van der Waals surface area (Å²) in [6.45, 7) is 2.11. The maximum Gasteiger partial charge on any atom is 0.309 e. The zero-order valence-corrected chi connectivity index (χ0v) is 11.0. The smallest absolute Gasteiger partial charge is 0.309 e. The summed E-state index contributed by atoms with van der Waals surface area (Å²) in [7, 11) is 0. The minimum Gasteiger partial charge on any atom is -0.481 e. The van der Waals surface area contributed by atoms with Gasteiger partial charge in [0.2, 0.25) is 0 Å². The highest BCUT2D eigenvalue weighted by Crippen LogP contribution is 2.17. The second kappa shape index (κ2) is 6.75. The second-order valence-corrected chi connectivity index (χ2v) is 5.39. The van der Waals surface area contributed by atoms with Crippen molar-refractivity contribution in [2.45, 2.75) is 25.8 Å². The first-order chi connectivity index (χ1) is 7.61. The first kappa shape index (κ1) is 13.3. The lowest BCUT2D eigenvalue weighted by Crippen LogP contribution is -2.15. The van der Waals surface area contributed by atoms with Gasteiger partial charge in [0.25, 0.3) is 0 Å². The molecule has 0 fully saturated rings. The van der Waals surface area contributed by atoms with E-state index in [0.717, 1.165) is 17.3 Å². The van der Waals surface area contributed by atoms with Crippen molar-refractivity contribution in [2.75, 3.05) is 17.3 Å². The third-order valence-corrected chi connectivity index (χ3v) is 3.48. The van der Waals surface area contributed by atoms with Crippen LogP contribution in [0.15, 0.2) is 5.38 Å². The maximum atomic E-state index is 10.5. The van der Waals surface area contributed by atoms with E-state index in [0.29, 0.717) is 11.7 Å². The van der Waals surface area contributed by atoms with Crippen LogP contribution in [0, 0.1) is 0 Å². The lowest BCUT2D eigenvalue weighted by Gasteiger charge is -2.11. The molecule has 1 aromatic rings. The van der Waals surface area contributed by atoms with Gasteiger partial charge in [0.05, 0.1) is 12.1 Å². The van der Waals surface area contributed by atoms with Gasteiger partial charge in [0, 0.05) is 11.4 Å². The molecule has 0 saturated heterocycles. The molecule has 0 aromatic carbocycles. The highest BCUT2D eigenvalue weighted by atomic mass is 32.2. The van der Waals surface area contributed by atoms with Crippen molar-refractivity contribution in [3.05, 3.63) is 11.1 Å². The zero-order chi connectivity index (χ0) is 12.0. The normalized spacial score (nSPS) is 12.4. The molecular weight excluding hydrogens is 244 g/mol. The fourth-order valence-electron chi connectivity index (χ4n) is 1.19.